The molecule has 2 aliphatic rings. The van der Waals surface area contributed by atoms with E-state index in [2.05, 4.69) is 4.72 Å². The summed E-state index contributed by atoms with van der Waals surface area (Å²) in [6.07, 6.45) is 4.66. The molecule has 7 nitrogen and oxygen atoms in total. The van der Waals surface area contributed by atoms with Gasteiger partial charge in [-0.15, -0.1) is 0 Å². The number of hydrogen-bond acceptors (Lipinski definition) is 5. The summed E-state index contributed by atoms with van der Waals surface area (Å²) in [5.41, 5.74) is 0.217. The average molecular weight is 380 g/mol. The number of sulfonamides is 1. The second kappa shape index (κ2) is 7.46. The number of fused-ring (bicyclic) bond motifs is 1. The first-order valence-corrected chi connectivity index (χ1v) is 10.6. The summed E-state index contributed by atoms with van der Waals surface area (Å²) in [5.74, 6) is -1.26. The lowest BCUT2D eigenvalue weighted by Crippen LogP contribution is -2.44. The minimum Gasteiger partial charge on any atom is -0.396 e. The van der Waals surface area contributed by atoms with Crippen molar-refractivity contribution in [3.63, 3.8) is 0 Å². The highest BCUT2D eigenvalue weighted by molar-refractivity contribution is 7.89. The molecule has 2 N–H and O–H groups in total. The zero-order valence-corrected chi connectivity index (χ0v) is 15.4. The van der Waals surface area contributed by atoms with Gasteiger partial charge in [0.2, 0.25) is 10.0 Å². The zero-order chi connectivity index (χ0) is 18.8. The van der Waals surface area contributed by atoms with Crippen molar-refractivity contribution in [1.29, 1.82) is 0 Å². The average Bonchev–Trinajstić information content (AvgIpc) is 2.90. The molecule has 1 saturated carbocycles. The molecule has 1 aliphatic carbocycles. The van der Waals surface area contributed by atoms with E-state index < -0.39 is 27.3 Å². The summed E-state index contributed by atoms with van der Waals surface area (Å²) in [7, 11) is -3.66. The molecule has 142 valence electrons. The number of nitrogens with zero attached hydrogens (tertiary/aromatic N) is 1. The number of nitrogens with one attached hydrogen (secondary N) is 1. The monoisotopic (exact) mass is 380 g/mol. The molecule has 0 atom stereocenters. The van der Waals surface area contributed by atoms with E-state index in [1.54, 1.807) is 24.3 Å². The highest BCUT2D eigenvalue weighted by atomic mass is 32.2. The molecule has 26 heavy (non-hydrogen) atoms. The van der Waals surface area contributed by atoms with Gasteiger partial charge in [0, 0.05) is 25.1 Å². The topological polar surface area (TPSA) is 104 Å². The summed E-state index contributed by atoms with van der Waals surface area (Å²) in [5, 5.41) is 9.68. The van der Waals surface area contributed by atoms with Gasteiger partial charge in [-0.05, 0) is 25.0 Å². The van der Waals surface area contributed by atoms with Crippen LogP contribution in [0.1, 0.15) is 52.8 Å². The third-order valence-corrected chi connectivity index (χ3v) is 6.68. The number of benzene rings is 1. The quantitative estimate of drug-likeness (QED) is 0.691. The van der Waals surface area contributed by atoms with E-state index in [0.29, 0.717) is 11.1 Å². The maximum atomic E-state index is 12.3. The number of aliphatic hydroxyl groups is 1. The molecule has 2 amide bonds. The fraction of sp³-hybridized carbons (Fsp3) is 0.556. The molecular weight excluding hydrogens is 356 g/mol. The number of rotatable bonds is 7. The number of imide groups is 1. The minimum absolute atomic E-state index is 0.0477. The Hall–Kier alpha value is -1.77. The lowest BCUT2D eigenvalue weighted by atomic mass is 9.75. The van der Waals surface area contributed by atoms with Crippen molar-refractivity contribution in [2.75, 3.05) is 25.4 Å². The van der Waals surface area contributed by atoms with E-state index in [1.807, 2.05) is 0 Å². The van der Waals surface area contributed by atoms with Gasteiger partial charge >= 0.3 is 0 Å². The van der Waals surface area contributed by atoms with E-state index in [0.717, 1.165) is 37.0 Å². The Morgan fingerprint density at radius 1 is 1.04 bits per heavy atom. The summed E-state index contributed by atoms with van der Waals surface area (Å²) < 4.78 is 27.2. The number of carbonyl (C=O) groups is 2. The molecule has 0 unspecified atom stereocenters. The van der Waals surface area contributed by atoms with Crippen LogP contribution in [0.15, 0.2) is 24.3 Å². The van der Waals surface area contributed by atoms with E-state index in [-0.39, 0.29) is 25.4 Å². The van der Waals surface area contributed by atoms with E-state index in [9.17, 15) is 23.1 Å². The molecule has 0 radical (unpaired) electrons. The standard InChI is InChI=1S/C18H24N2O5S/c21-13-18(8-4-1-5-9-18)12-19-26(24,25)11-10-20-16(22)14-6-2-3-7-15(14)17(20)23/h2-3,6-7,19,21H,1,4-5,8-13H2. The second-order valence-electron chi connectivity index (χ2n) is 7.17. The van der Waals surface area contributed by atoms with Gasteiger partial charge in [0.05, 0.1) is 16.9 Å². The third kappa shape index (κ3) is 3.82. The number of aliphatic hydroxyl groups excluding tert-OH is 1. The van der Waals surface area contributed by atoms with Gasteiger partial charge in [-0.2, -0.15) is 0 Å². The van der Waals surface area contributed by atoms with E-state index >= 15 is 0 Å². The number of carbonyl (C=O) groups excluding carboxylic acids is 2. The van der Waals surface area contributed by atoms with E-state index in [4.69, 9.17) is 0 Å². The van der Waals surface area contributed by atoms with Gasteiger partial charge in [0.15, 0.2) is 0 Å². The maximum Gasteiger partial charge on any atom is 0.261 e. The Bertz CT molecular complexity index is 765. The predicted octanol–water partition coefficient (Wildman–Crippen LogP) is 1.14. The van der Waals surface area contributed by atoms with Crippen molar-refractivity contribution >= 4 is 21.8 Å². The lowest BCUT2D eigenvalue weighted by Gasteiger charge is -2.35. The van der Waals surface area contributed by atoms with Crippen LogP contribution in [0.4, 0.5) is 0 Å². The largest absolute Gasteiger partial charge is 0.396 e. The molecule has 8 heteroatoms. The van der Waals surface area contributed by atoms with Crippen LogP contribution in [0.5, 0.6) is 0 Å². The van der Waals surface area contributed by atoms with Crippen molar-refractivity contribution in [2.45, 2.75) is 32.1 Å². The van der Waals surface area contributed by atoms with Gasteiger partial charge in [-0.3, -0.25) is 14.5 Å². The van der Waals surface area contributed by atoms with Crippen LogP contribution < -0.4 is 4.72 Å². The Morgan fingerprint density at radius 2 is 1.62 bits per heavy atom. The molecule has 1 aromatic carbocycles. The van der Waals surface area contributed by atoms with Crippen LogP contribution in [0, 0.1) is 5.41 Å². The van der Waals surface area contributed by atoms with Crippen molar-refractivity contribution in [2.24, 2.45) is 5.41 Å². The van der Waals surface area contributed by atoms with Crippen LogP contribution in [0.25, 0.3) is 0 Å². The molecule has 1 aromatic rings. The molecule has 0 saturated heterocycles. The first-order chi connectivity index (χ1) is 12.4. The fourth-order valence-electron chi connectivity index (χ4n) is 3.68. The predicted molar refractivity (Wildman–Crippen MR) is 96.2 cm³/mol. The molecule has 0 aromatic heterocycles. The highest BCUT2D eigenvalue weighted by Crippen LogP contribution is 2.35. The van der Waals surface area contributed by atoms with Crippen molar-refractivity contribution in [3.8, 4) is 0 Å². The second-order valence-corrected chi connectivity index (χ2v) is 9.09. The lowest BCUT2D eigenvalue weighted by molar-refractivity contribution is 0.0664. The molecular formula is C18H24N2O5S. The van der Waals surface area contributed by atoms with Crippen LogP contribution in [0.2, 0.25) is 0 Å². The van der Waals surface area contributed by atoms with Crippen molar-refractivity contribution < 1.29 is 23.1 Å². The van der Waals surface area contributed by atoms with Crippen LogP contribution >= 0.6 is 0 Å². The van der Waals surface area contributed by atoms with Crippen LogP contribution in [0.3, 0.4) is 0 Å². The Balaban J connectivity index is 1.59. The third-order valence-electron chi connectivity index (χ3n) is 5.38. The van der Waals surface area contributed by atoms with Gasteiger partial charge in [0.1, 0.15) is 0 Å². The van der Waals surface area contributed by atoms with E-state index in [1.165, 1.54) is 0 Å². The van der Waals surface area contributed by atoms with Crippen LogP contribution in [-0.2, 0) is 10.0 Å². The molecule has 1 fully saturated rings. The number of hydrogen-bond donors (Lipinski definition) is 2. The zero-order valence-electron chi connectivity index (χ0n) is 14.6. The van der Waals surface area contributed by atoms with Crippen molar-refractivity contribution in [1.82, 2.24) is 9.62 Å². The Morgan fingerprint density at radius 3 is 2.15 bits per heavy atom. The first-order valence-electron chi connectivity index (χ1n) is 8.91. The Kier molecular flexibility index (Phi) is 5.45. The number of amides is 2. The SMILES string of the molecule is O=C1c2ccccc2C(=O)N1CCS(=O)(=O)NCC1(CO)CCCCC1. The maximum absolute atomic E-state index is 12.3. The molecule has 1 aliphatic heterocycles. The molecule has 0 bridgehead atoms. The minimum atomic E-state index is -3.66. The summed E-state index contributed by atoms with van der Waals surface area (Å²) >= 11 is 0. The normalized spacial score (nSPS) is 19.7. The van der Waals surface area contributed by atoms with Crippen LogP contribution in [-0.4, -0.2) is 55.7 Å². The molecule has 3 rings (SSSR count). The molecule has 1 heterocycles. The summed E-state index contributed by atoms with van der Waals surface area (Å²) in [6.45, 7) is -0.0459. The first kappa shape index (κ1) is 19.0. The fourth-order valence-corrected chi connectivity index (χ4v) is 4.77. The van der Waals surface area contributed by atoms with Gasteiger partial charge < -0.3 is 5.11 Å². The van der Waals surface area contributed by atoms with Gasteiger partial charge in [-0.1, -0.05) is 31.4 Å². The van der Waals surface area contributed by atoms with Crippen molar-refractivity contribution in [3.05, 3.63) is 35.4 Å². The molecule has 0 spiro atoms. The highest BCUT2D eigenvalue weighted by Gasteiger charge is 2.36. The smallest absolute Gasteiger partial charge is 0.261 e. The van der Waals surface area contributed by atoms with Gasteiger partial charge in [0.25, 0.3) is 11.8 Å². The van der Waals surface area contributed by atoms with Gasteiger partial charge in [-0.25, -0.2) is 13.1 Å². The Labute approximate surface area is 153 Å². The summed E-state index contributed by atoms with van der Waals surface area (Å²) in [6, 6.07) is 6.47. The summed E-state index contributed by atoms with van der Waals surface area (Å²) in [4.78, 5) is 25.5.